The van der Waals surface area contributed by atoms with Crippen molar-refractivity contribution < 1.29 is 0 Å². The number of halogens is 1. The van der Waals surface area contributed by atoms with Gasteiger partial charge < -0.3 is 5.32 Å². The van der Waals surface area contributed by atoms with Crippen molar-refractivity contribution in [2.24, 2.45) is 5.41 Å². The number of hydrogen-bond donors (Lipinski definition) is 1. The van der Waals surface area contributed by atoms with Crippen molar-refractivity contribution >= 4 is 11.6 Å². The zero-order valence-corrected chi connectivity index (χ0v) is 12.6. The first-order valence-corrected chi connectivity index (χ1v) is 7.20. The molecular weight excluding hydrogens is 242 g/mol. The quantitative estimate of drug-likeness (QED) is 0.851. The summed E-state index contributed by atoms with van der Waals surface area (Å²) in [5.41, 5.74) is 2.13. The van der Waals surface area contributed by atoms with E-state index in [1.807, 2.05) is 6.07 Å². The van der Waals surface area contributed by atoms with Crippen molar-refractivity contribution in [2.45, 2.75) is 52.0 Å². The van der Waals surface area contributed by atoms with Crippen LogP contribution >= 0.6 is 11.6 Å². The topological polar surface area (TPSA) is 12.0 Å². The van der Waals surface area contributed by atoms with Crippen LogP contribution in [0.4, 0.5) is 0 Å². The molecule has 1 aliphatic carbocycles. The number of rotatable bonds is 4. The second-order valence-corrected chi connectivity index (χ2v) is 7.28. The Labute approximate surface area is 116 Å². The van der Waals surface area contributed by atoms with Gasteiger partial charge in [0.2, 0.25) is 0 Å². The molecule has 100 valence electrons. The van der Waals surface area contributed by atoms with Gasteiger partial charge in [0, 0.05) is 23.0 Å². The van der Waals surface area contributed by atoms with Crippen LogP contribution in [-0.4, -0.2) is 12.6 Å². The standard InChI is InChI=1S/C16H24ClN/c1-12(2)18-11-16(9-15(3,4)10-16)13-6-5-7-14(17)8-13/h5-8,12,18H,9-11H2,1-4H3. The molecule has 1 aromatic carbocycles. The molecule has 0 spiro atoms. The van der Waals surface area contributed by atoms with Crippen LogP contribution in [0.3, 0.4) is 0 Å². The molecule has 1 N–H and O–H groups in total. The Bertz CT molecular complexity index is 415. The first-order valence-electron chi connectivity index (χ1n) is 6.83. The van der Waals surface area contributed by atoms with Crippen LogP contribution < -0.4 is 5.32 Å². The highest BCUT2D eigenvalue weighted by Gasteiger charge is 2.49. The van der Waals surface area contributed by atoms with Crippen LogP contribution in [0.15, 0.2) is 24.3 Å². The Balaban J connectivity index is 2.21. The van der Waals surface area contributed by atoms with E-state index in [2.05, 4.69) is 51.2 Å². The van der Waals surface area contributed by atoms with Gasteiger partial charge >= 0.3 is 0 Å². The fourth-order valence-electron chi connectivity index (χ4n) is 3.43. The van der Waals surface area contributed by atoms with Gasteiger partial charge in [-0.2, -0.15) is 0 Å². The summed E-state index contributed by atoms with van der Waals surface area (Å²) in [5, 5.41) is 4.45. The lowest BCUT2D eigenvalue weighted by Gasteiger charge is -2.54. The Morgan fingerprint density at radius 2 is 1.94 bits per heavy atom. The van der Waals surface area contributed by atoms with Crippen LogP contribution in [0.25, 0.3) is 0 Å². The molecule has 0 bridgehead atoms. The zero-order chi connectivity index (χ0) is 13.4. The minimum absolute atomic E-state index is 0.276. The normalized spacial score (nSPS) is 20.8. The van der Waals surface area contributed by atoms with E-state index in [0.29, 0.717) is 11.5 Å². The van der Waals surface area contributed by atoms with E-state index in [1.165, 1.54) is 18.4 Å². The lowest BCUT2D eigenvalue weighted by atomic mass is 9.52. The summed E-state index contributed by atoms with van der Waals surface area (Å²) in [6.45, 7) is 10.2. The van der Waals surface area contributed by atoms with E-state index in [1.54, 1.807) is 0 Å². The molecule has 2 heteroatoms. The van der Waals surface area contributed by atoms with E-state index in [9.17, 15) is 0 Å². The van der Waals surface area contributed by atoms with E-state index in [-0.39, 0.29) is 5.41 Å². The van der Waals surface area contributed by atoms with Gasteiger partial charge in [0.05, 0.1) is 0 Å². The largest absolute Gasteiger partial charge is 0.314 e. The predicted octanol–water partition coefficient (Wildman–Crippen LogP) is 4.40. The van der Waals surface area contributed by atoms with Gasteiger partial charge in [-0.3, -0.25) is 0 Å². The molecule has 0 radical (unpaired) electrons. The third-order valence-corrected chi connectivity index (χ3v) is 4.15. The molecule has 0 atom stereocenters. The molecule has 1 aromatic rings. The van der Waals surface area contributed by atoms with Crippen molar-refractivity contribution in [1.82, 2.24) is 5.32 Å². The van der Waals surface area contributed by atoms with Crippen LogP contribution in [-0.2, 0) is 5.41 Å². The maximum absolute atomic E-state index is 6.15. The van der Waals surface area contributed by atoms with Crippen LogP contribution in [0.2, 0.25) is 5.02 Å². The fraction of sp³-hybridized carbons (Fsp3) is 0.625. The molecule has 0 heterocycles. The molecule has 1 aliphatic rings. The molecule has 0 saturated heterocycles. The highest BCUT2D eigenvalue weighted by molar-refractivity contribution is 6.30. The monoisotopic (exact) mass is 265 g/mol. The molecule has 0 aliphatic heterocycles. The summed E-state index contributed by atoms with van der Waals surface area (Å²) < 4.78 is 0. The Morgan fingerprint density at radius 1 is 1.28 bits per heavy atom. The second-order valence-electron chi connectivity index (χ2n) is 6.84. The Morgan fingerprint density at radius 3 is 2.44 bits per heavy atom. The minimum Gasteiger partial charge on any atom is -0.314 e. The molecule has 0 aromatic heterocycles. The molecule has 2 rings (SSSR count). The SMILES string of the molecule is CC(C)NCC1(c2cccc(Cl)c2)CC(C)(C)C1. The summed E-state index contributed by atoms with van der Waals surface area (Å²) in [6, 6.07) is 8.92. The Hall–Kier alpha value is -0.530. The summed E-state index contributed by atoms with van der Waals surface area (Å²) in [4.78, 5) is 0. The van der Waals surface area contributed by atoms with E-state index in [4.69, 9.17) is 11.6 Å². The summed E-state index contributed by atoms with van der Waals surface area (Å²) in [5.74, 6) is 0. The molecule has 1 fully saturated rings. The lowest BCUT2D eigenvalue weighted by molar-refractivity contribution is 0.0548. The average Bonchev–Trinajstić information content (AvgIpc) is 2.23. The van der Waals surface area contributed by atoms with E-state index < -0.39 is 0 Å². The van der Waals surface area contributed by atoms with Gasteiger partial charge in [-0.25, -0.2) is 0 Å². The van der Waals surface area contributed by atoms with E-state index in [0.717, 1.165) is 11.6 Å². The van der Waals surface area contributed by atoms with Crippen molar-refractivity contribution in [3.05, 3.63) is 34.9 Å². The van der Waals surface area contributed by atoms with Crippen molar-refractivity contribution in [2.75, 3.05) is 6.54 Å². The molecule has 1 saturated carbocycles. The molecule has 0 unspecified atom stereocenters. The van der Waals surface area contributed by atoms with Gasteiger partial charge in [-0.1, -0.05) is 51.4 Å². The highest BCUT2D eigenvalue weighted by Crippen LogP contribution is 2.55. The third kappa shape index (κ3) is 2.89. The lowest BCUT2D eigenvalue weighted by Crippen LogP contribution is -2.53. The van der Waals surface area contributed by atoms with E-state index >= 15 is 0 Å². The average molecular weight is 266 g/mol. The smallest absolute Gasteiger partial charge is 0.0408 e. The van der Waals surface area contributed by atoms with Gasteiger partial charge in [-0.05, 0) is 36.0 Å². The van der Waals surface area contributed by atoms with Crippen LogP contribution in [0.5, 0.6) is 0 Å². The molecule has 18 heavy (non-hydrogen) atoms. The van der Waals surface area contributed by atoms with Gasteiger partial charge in [0.25, 0.3) is 0 Å². The maximum atomic E-state index is 6.15. The molecular formula is C16H24ClN. The summed E-state index contributed by atoms with van der Waals surface area (Å²) in [6.07, 6.45) is 2.47. The fourth-order valence-corrected chi connectivity index (χ4v) is 3.62. The van der Waals surface area contributed by atoms with Crippen LogP contribution in [0, 0.1) is 5.41 Å². The molecule has 0 amide bonds. The van der Waals surface area contributed by atoms with Gasteiger partial charge in [0.15, 0.2) is 0 Å². The first kappa shape index (κ1) is 13.9. The summed E-state index contributed by atoms with van der Waals surface area (Å²) >= 11 is 6.15. The zero-order valence-electron chi connectivity index (χ0n) is 11.9. The number of nitrogens with one attached hydrogen (secondary N) is 1. The van der Waals surface area contributed by atoms with Crippen molar-refractivity contribution in [3.8, 4) is 0 Å². The van der Waals surface area contributed by atoms with Gasteiger partial charge in [0.1, 0.15) is 0 Å². The maximum Gasteiger partial charge on any atom is 0.0408 e. The Kier molecular flexibility index (Phi) is 3.75. The number of benzene rings is 1. The third-order valence-electron chi connectivity index (χ3n) is 3.92. The minimum atomic E-state index is 0.276. The predicted molar refractivity (Wildman–Crippen MR) is 79.3 cm³/mol. The molecule has 1 nitrogen and oxygen atoms in total. The number of hydrogen-bond acceptors (Lipinski definition) is 1. The second kappa shape index (κ2) is 4.86. The van der Waals surface area contributed by atoms with Crippen LogP contribution in [0.1, 0.15) is 46.1 Å². The first-order chi connectivity index (χ1) is 8.33. The summed E-state index contributed by atoms with van der Waals surface area (Å²) in [7, 11) is 0. The van der Waals surface area contributed by atoms with Crippen molar-refractivity contribution in [3.63, 3.8) is 0 Å². The highest BCUT2D eigenvalue weighted by atomic mass is 35.5. The van der Waals surface area contributed by atoms with Gasteiger partial charge in [-0.15, -0.1) is 0 Å². The van der Waals surface area contributed by atoms with Crippen molar-refractivity contribution in [1.29, 1.82) is 0 Å².